The van der Waals surface area contributed by atoms with Gasteiger partial charge < -0.3 is 25.5 Å². The number of aromatic nitrogens is 2. The van der Waals surface area contributed by atoms with Crippen LogP contribution in [0.1, 0.15) is 5.82 Å². The monoisotopic (exact) mass is 232 g/mol. The van der Waals surface area contributed by atoms with Gasteiger partial charge in [0.1, 0.15) is 11.6 Å². The van der Waals surface area contributed by atoms with E-state index in [1.54, 1.807) is 0 Å². The molecule has 2 aromatic rings. The number of nitrogen functional groups attached to an aromatic ring is 1. The molecule has 3 rings (SSSR count). The molecule has 17 heavy (non-hydrogen) atoms. The quantitative estimate of drug-likeness (QED) is 0.734. The molecule has 0 bridgehead atoms. The van der Waals surface area contributed by atoms with Crippen LogP contribution >= 0.6 is 0 Å². The molecule has 0 saturated carbocycles. The summed E-state index contributed by atoms with van der Waals surface area (Å²) < 4.78 is 10.5. The highest BCUT2D eigenvalue weighted by Gasteiger charge is 2.14. The van der Waals surface area contributed by atoms with Crippen molar-refractivity contribution in [1.82, 2.24) is 9.97 Å². The zero-order chi connectivity index (χ0) is 11.8. The number of nitrogens with zero attached hydrogens (tertiary/aromatic N) is 1. The van der Waals surface area contributed by atoms with E-state index in [0.717, 1.165) is 23.0 Å². The number of hydrogen-bond donors (Lipinski definition) is 3. The van der Waals surface area contributed by atoms with Gasteiger partial charge in [-0.3, -0.25) is 0 Å². The van der Waals surface area contributed by atoms with E-state index >= 15 is 0 Å². The molecule has 0 saturated heterocycles. The fourth-order valence-electron chi connectivity index (χ4n) is 1.72. The molecule has 6 nitrogen and oxygen atoms in total. The molecule has 4 N–H and O–H groups in total. The van der Waals surface area contributed by atoms with E-state index in [4.69, 9.17) is 15.2 Å². The lowest BCUT2D eigenvalue weighted by molar-refractivity contribution is 0.174. The summed E-state index contributed by atoms with van der Waals surface area (Å²) in [5.41, 5.74) is 6.62. The van der Waals surface area contributed by atoms with Crippen LogP contribution < -0.4 is 20.5 Å². The van der Waals surface area contributed by atoms with Gasteiger partial charge in [0.05, 0.1) is 0 Å². The number of nitrogens with one attached hydrogen (secondary N) is 2. The summed E-state index contributed by atoms with van der Waals surface area (Å²) >= 11 is 0. The SMILES string of the molecule is Cc1nc(Nc2ccc3c(c2)OCO3)c(N)[nH]1. The van der Waals surface area contributed by atoms with Crippen LogP contribution in [-0.4, -0.2) is 16.8 Å². The Balaban J connectivity index is 1.88. The minimum Gasteiger partial charge on any atom is -0.454 e. The van der Waals surface area contributed by atoms with E-state index in [2.05, 4.69) is 15.3 Å². The Morgan fingerprint density at radius 3 is 2.94 bits per heavy atom. The zero-order valence-electron chi connectivity index (χ0n) is 9.28. The van der Waals surface area contributed by atoms with Gasteiger partial charge in [-0.15, -0.1) is 0 Å². The number of fused-ring (bicyclic) bond motifs is 1. The highest BCUT2D eigenvalue weighted by atomic mass is 16.7. The van der Waals surface area contributed by atoms with Crippen molar-refractivity contribution < 1.29 is 9.47 Å². The lowest BCUT2D eigenvalue weighted by Gasteiger charge is -2.04. The number of hydrogen-bond acceptors (Lipinski definition) is 5. The van der Waals surface area contributed by atoms with Crippen LogP contribution in [0.5, 0.6) is 11.5 Å². The van der Waals surface area contributed by atoms with Gasteiger partial charge in [-0.05, 0) is 19.1 Å². The average molecular weight is 232 g/mol. The fraction of sp³-hybridized carbons (Fsp3) is 0.182. The molecule has 0 radical (unpaired) electrons. The molecule has 1 aliphatic rings. The molecule has 0 unspecified atom stereocenters. The highest BCUT2D eigenvalue weighted by molar-refractivity contribution is 5.68. The molecule has 1 aromatic carbocycles. The van der Waals surface area contributed by atoms with Gasteiger partial charge in [-0.1, -0.05) is 0 Å². The van der Waals surface area contributed by atoms with Crippen molar-refractivity contribution in [3.63, 3.8) is 0 Å². The molecule has 0 aliphatic carbocycles. The zero-order valence-corrected chi connectivity index (χ0v) is 9.28. The van der Waals surface area contributed by atoms with E-state index in [0.29, 0.717) is 11.6 Å². The third-order valence-electron chi connectivity index (χ3n) is 2.49. The summed E-state index contributed by atoms with van der Waals surface area (Å²) in [4.78, 5) is 7.16. The topological polar surface area (TPSA) is 85.2 Å². The van der Waals surface area contributed by atoms with Gasteiger partial charge in [0.2, 0.25) is 6.79 Å². The van der Waals surface area contributed by atoms with E-state index in [1.165, 1.54) is 0 Å². The number of anilines is 3. The fourth-order valence-corrected chi connectivity index (χ4v) is 1.72. The first-order valence-electron chi connectivity index (χ1n) is 5.21. The standard InChI is InChI=1S/C11H12N4O2/c1-6-13-10(12)11(14-6)15-7-2-3-8-9(4-7)17-5-16-8/h2-4,15H,5,12H2,1H3,(H,13,14). The van der Waals surface area contributed by atoms with Crippen LogP contribution in [0.15, 0.2) is 18.2 Å². The van der Waals surface area contributed by atoms with Crippen LogP contribution in [0.3, 0.4) is 0 Å². The second-order valence-corrected chi connectivity index (χ2v) is 3.78. The second kappa shape index (κ2) is 3.58. The Morgan fingerprint density at radius 2 is 2.18 bits per heavy atom. The van der Waals surface area contributed by atoms with E-state index in [-0.39, 0.29) is 6.79 Å². The summed E-state index contributed by atoms with van der Waals surface area (Å²) in [6.07, 6.45) is 0. The smallest absolute Gasteiger partial charge is 0.231 e. The van der Waals surface area contributed by atoms with Gasteiger partial charge in [-0.2, -0.15) is 0 Å². The van der Waals surface area contributed by atoms with Gasteiger partial charge in [-0.25, -0.2) is 4.98 Å². The molecular weight excluding hydrogens is 220 g/mol. The van der Waals surface area contributed by atoms with Crippen LogP contribution in [0, 0.1) is 6.92 Å². The van der Waals surface area contributed by atoms with Crippen molar-refractivity contribution >= 4 is 17.3 Å². The van der Waals surface area contributed by atoms with Crippen molar-refractivity contribution in [2.24, 2.45) is 0 Å². The Kier molecular flexibility index (Phi) is 2.07. The Labute approximate surface area is 97.8 Å². The molecule has 1 aliphatic heterocycles. The summed E-state index contributed by atoms with van der Waals surface area (Å²) in [6, 6.07) is 5.59. The average Bonchev–Trinajstić information content (AvgIpc) is 2.85. The molecule has 88 valence electrons. The van der Waals surface area contributed by atoms with E-state index in [1.807, 2.05) is 25.1 Å². The lowest BCUT2D eigenvalue weighted by atomic mass is 10.3. The molecular formula is C11H12N4O2. The molecule has 2 heterocycles. The molecule has 6 heteroatoms. The van der Waals surface area contributed by atoms with Gasteiger partial charge in [0.25, 0.3) is 0 Å². The number of benzene rings is 1. The number of rotatable bonds is 2. The maximum absolute atomic E-state index is 5.77. The van der Waals surface area contributed by atoms with Gasteiger partial charge >= 0.3 is 0 Å². The maximum atomic E-state index is 5.77. The Bertz CT molecular complexity index is 565. The molecule has 1 aromatic heterocycles. The Morgan fingerprint density at radius 1 is 1.35 bits per heavy atom. The number of imidazole rings is 1. The van der Waals surface area contributed by atoms with Crippen LogP contribution in [0.4, 0.5) is 17.3 Å². The molecule has 0 atom stereocenters. The summed E-state index contributed by atoms with van der Waals surface area (Å²) in [7, 11) is 0. The largest absolute Gasteiger partial charge is 0.454 e. The molecule has 0 fully saturated rings. The van der Waals surface area contributed by atoms with E-state index in [9.17, 15) is 0 Å². The van der Waals surface area contributed by atoms with Crippen LogP contribution in [0.25, 0.3) is 0 Å². The lowest BCUT2D eigenvalue weighted by Crippen LogP contribution is -1.95. The van der Waals surface area contributed by atoms with Crippen molar-refractivity contribution in [3.05, 3.63) is 24.0 Å². The third-order valence-corrected chi connectivity index (χ3v) is 2.49. The molecule has 0 spiro atoms. The van der Waals surface area contributed by atoms with Crippen molar-refractivity contribution in [1.29, 1.82) is 0 Å². The minimum absolute atomic E-state index is 0.266. The van der Waals surface area contributed by atoms with Gasteiger partial charge in [0.15, 0.2) is 17.3 Å². The number of aryl methyl sites for hydroxylation is 1. The predicted octanol–water partition coefficient (Wildman–Crippen LogP) is 1.77. The number of H-pyrrole nitrogens is 1. The first-order chi connectivity index (χ1) is 8.22. The first kappa shape index (κ1) is 9.83. The Hall–Kier alpha value is -2.37. The van der Waals surface area contributed by atoms with E-state index < -0.39 is 0 Å². The predicted molar refractivity (Wildman–Crippen MR) is 63.6 cm³/mol. The maximum Gasteiger partial charge on any atom is 0.231 e. The first-order valence-corrected chi connectivity index (χ1v) is 5.21. The minimum atomic E-state index is 0.266. The summed E-state index contributed by atoms with van der Waals surface area (Å²) in [5, 5.41) is 3.12. The number of nitrogens with two attached hydrogens (primary N) is 1. The summed E-state index contributed by atoms with van der Waals surface area (Å²) in [5.74, 6) is 3.37. The highest BCUT2D eigenvalue weighted by Crippen LogP contribution is 2.35. The third kappa shape index (κ3) is 1.73. The van der Waals surface area contributed by atoms with Crippen molar-refractivity contribution in [2.75, 3.05) is 17.8 Å². The second-order valence-electron chi connectivity index (χ2n) is 3.78. The van der Waals surface area contributed by atoms with Crippen molar-refractivity contribution in [2.45, 2.75) is 6.92 Å². The molecule has 0 amide bonds. The van der Waals surface area contributed by atoms with Gasteiger partial charge in [0, 0.05) is 11.8 Å². The van der Waals surface area contributed by atoms with Crippen LogP contribution in [-0.2, 0) is 0 Å². The van der Waals surface area contributed by atoms with Crippen LogP contribution in [0.2, 0.25) is 0 Å². The normalized spacial score (nSPS) is 12.8. The summed E-state index contributed by atoms with van der Waals surface area (Å²) in [6.45, 7) is 2.11. The number of ether oxygens (including phenoxy) is 2. The van der Waals surface area contributed by atoms with Crippen molar-refractivity contribution in [3.8, 4) is 11.5 Å². The number of aromatic amines is 1.